The number of hydrogen-bond acceptors (Lipinski definition) is 2. The highest BCUT2D eigenvalue weighted by Crippen LogP contribution is 2.31. The number of rotatable bonds is 3. The standard InChI is InChI=1S/C22H26N4/c1-21(2,3)18-9-6-8-17-16(15-24-26(17)18)14-22(4,5)19-10-7-11-20-23-12-13-25(19)20/h6-13,15H,14H2,1-5H3. The molecule has 26 heavy (non-hydrogen) atoms. The van der Waals surface area contributed by atoms with Gasteiger partial charge in [-0.1, -0.05) is 46.8 Å². The Morgan fingerprint density at radius 1 is 0.923 bits per heavy atom. The zero-order chi connectivity index (χ0) is 18.5. The minimum Gasteiger partial charge on any atom is -0.304 e. The Morgan fingerprint density at radius 2 is 1.65 bits per heavy atom. The second-order valence-electron chi connectivity index (χ2n) is 8.76. The summed E-state index contributed by atoms with van der Waals surface area (Å²) in [6.07, 6.45) is 6.85. The first-order chi connectivity index (χ1) is 12.3. The Morgan fingerprint density at radius 3 is 2.42 bits per heavy atom. The molecule has 0 bridgehead atoms. The van der Waals surface area contributed by atoms with E-state index in [1.54, 1.807) is 0 Å². The lowest BCUT2D eigenvalue weighted by Crippen LogP contribution is -2.23. The van der Waals surface area contributed by atoms with Gasteiger partial charge in [-0.15, -0.1) is 0 Å². The van der Waals surface area contributed by atoms with Crippen LogP contribution in [0.5, 0.6) is 0 Å². The van der Waals surface area contributed by atoms with Crippen LogP contribution in [-0.4, -0.2) is 19.0 Å². The van der Waals surface area contributed by atoms with E-state index in [1.807, 2.05) is 24.7 Å². The molecule has 0 saturated heterocycles. The molecule has 134 valence electrons. The van der Waals surface area contributed by atoms with Crippen molar-refractivity contribution in [2.75, 3.05) is 0 Å². The highest BCUT2D eigenvalue weighted by Gasteiger charge is 2.26. The maximum Gasteiger partial charge on any atom is 0.136 e. The molecule has 0 spiro atoms. The van der Waals surface area contributed by atoms with Gasteiger partial charge in [-0.25, -0.2) is 9.50 Å². The maximum absolute atomic E-state index is 4.71. The topological polar surface area (TPSA) is 34.6 Å². The first kappa shape index (κ1) is 16.8. The zero-order valence-corrected chi connectivity index (χ0v) is 16.2. The minimum absolute atomic E-state index is 0.0402. The van der Waals surface area contributed by atoms with Gasteiger partial charge in [0, 0.05) is 34.6 Å². The molecule has 0 N–H and O–H groups in total. The highest BCUT2D eigenvalue weighted by molar-refractivity contribution is 5.56. The van der Waals surface area contributed by atoms with Gasteiger partial charge in [0.1, 0.15) is 5.65 Å². The quantitative estimate of drug-likeness (QED) is 0.534. The minimum atomic E-state index is -0.0402. The first-order valence-electron chi connectivity index (χ1n) is 9.16. The fourth-order valence-corrected chi connectivity index (χ4v) is 3.83. The smallest absolute Gasteiger partial charge is 0.136 e. The van der Waals surface area contributed by atoms with Gasteiger partial charge in [-0.3, -0.25) is 0 Å². The monoisotopic (exact) mass is 346 g/mol. The van der Waals surface area contributed by atoms with Gasteiger partial charge in [0.05, 0.1) is 11.7 Å². The predicted octanol–water partition coefficient (Wildman–Crippen LogP) is 4.80. The van der Waals surface area contributed by atoms with Crippen LogP contribution in [0.2, 0.25) is 0 Å². The highest BCUT2D eigenvalue weighted by atomic mass is 15.2. The summed E-state index contributed by atoms with van der Waals surface area (Å²) in [5.41, 5.74) is 5.98. The summed E-state index contributed by atoms with van der Waals surface area (Å²) in [5.74, 6) is 0. The largest absolute Gasteiger partial charge is 0.304 e. The third-order valence-corrected chi connectivity index (χ3v) is 5.15. The molecule has 0 amide bonds. The molecule has 0 radical (unpaired) electrons. The number of fused-ring (bicyclic) bond motifs is 2. The van der Waals surface area contributed by atoms with E-state index in [-0.39, 0.29) is 10.8 Å². The lowest BCUT2D eigenvalue weighted by molar-refractivity contribution is 0.501. The number of aromatic nitrogens is 4. The third-order valence-electron chi connectivity index (χ3n) is 5.15. The molecule has 0 aliphatic heterocycles. The fraction of sp³-hybridized carbons (Fsp3) is 0.364. The van der Waals surface area contributed by atoms with E-state index in [1.165, 1.54) is 22.5 Å². The molecule has 4 heterocycles. The van der Waals surface area contributed by atoms with Crippen LogP contribution in [0.25, 0.3) is 11.2 Å². The van der Waals surface area contributed by atoms with Gasteiger partial charge >= 0.3 is 0 Å². The van der Waals surface area contributed by atoms with Gasteiger partial charge in [-0.05, 0) is 36.2 Å². The molecule has 4 nitrogen and oxygen atoms in total. The Labute approximate surface area is 154 Å². The number of hydrogen-bond donors (Lipinski definition) is 0. The molecule has 0 unspecified atom stereocenters. The average molecular weight is 346 g/mol. The van der Waals surface area contributed by atoms with Crippen LogP contribution < -0.4 is 0 Å². The van der Waals surface area contributed by atoms with Gasteiger partial charge in [0.2, 0.25) is 0 Å². The molecule has 0 atom stereocenters. The summed E-state index contributed by atoms with van der Waals surface area (Å²) < 4.78 is 4.29. The average Bonchev–Trinajstić information content (AvgIpc) is 3.20. The number of nitrogens with zero attached hydrogens (tertiary/aromatic N) is 4. The fourth-order valence-electron chi connectivity index (χ4n) is 3.83. The van der Waals surface area contributed by atoms with E-state index >= 15 is 0 Å². The van der Waals surface area contributed by atoms with Crippen molar-refractivity contribution in [1.29, 1.82) is 0 Å². The summed E-state index contributed by atoms with van der Waals surface area (Å²) in [6.45, 7) is 11.3. The Balaban J connectivity index is 1.79. The summed E-state index contributed by atoms with van der Waals surface area (Å²) in [6, 6.07) is 12.8. The Kier molecular flexibility index (Phi) is 3.69. The van der Waals surface area contributed by atoms with Crippen molar-refractivity contribution in [1.82, 2.24) is 19.0 Å². The van der Waals surface area contributed by atoms with Gasteiger partial charge in [0.25, 0.3) is 0 Å². The number of imidazole rings is 1. The summed E-state index contributed by atoms with van der Waals surface area (Å²) in [7, 11) is 0. The summed E-state index contributed by atoms with van der Waals surface area (Å²) >= 11 is 0. The SMILES string of the molecule is CC(C)(C)c1cccc2c(CC(C)(C)c3cccc4nccn34)cnn12. The normalized spacial score (nSPS) is 13.0. The van der Waals surface area contributed by atoms with Crippen LogP contribution in [-0.2, 0) is 17.3 Å². The van der Waals surface area contributed by atoms with Crippen LogP contribution >= 0.6 is 0 Å². The number of pyridine rings is 2. The second kappa shape index (κ2) is 5.70. The maximum atomic E-state index is 4.71. The molecule has 0 aliphatic rings. The second-order valence-corrected chi connectivity index (χ2v) is 8.76. The molecule has 4 aromatic heterocycles. The van der Waals surface area contributed by atoms with Gasteiger partial charge in [-0.2, -0.15) is 5.10 Å². The van der Waals surface area contributed by atoms with Crippen molar-refractivity contribution < 1.29 is 0 Å². The van der Waals surface area contributed by atoms with Crippen LogP contribution in [0.3, 0.4) is 0 Å². The molecule has 4 rings (SSSR count). The van der Waals surface area contributed by atoms with E-state index in [0.29, 0.717) is 0 Å². The molecule has 0 aromatic carbocycles. The zero-order valence-electron chi connectivity index (χ0n) is 16.2. The van der Waals surface area contributed by atoms with E-state index < -0.39 is 0 Å². The lowest BCUT2D eigenvalue weighted by atomic mass is 9.82. The van der Waals surface area contributed by atoms with E-state index in [0.717, 1.165) is 12.1 Å². The van der Waals surface area contributed by atoms with Crippen molar-refractivity contribution >= 4 is 11.2 Å². The molecule has 4 aromatic rings. The summed E-state index contributed by atoms with van der Waals surface area (Å²) in [4.78, 5) is 4.42. The van der Waals surface area contributed by atoms with Crippen molar-refractivity contribution in [2.45, 2.75) is 51.9 Å². The Hall–Kier alpha value is -2.62. The summed E-state index contributed by atoms with van der Waals surface area (Å²) in [5, 5.41) is 4.71. The van der Waals surface area contributed by atoms with Crippen molar-refractivity contribution in [3.63, 3.8) is 0 Å². The molecule has 4 heteroatoms. The van der Waals surface area contributed by atoms with E-state index in [4.69, 9.17) is 5.10 Å². The third kappa shape index (κ3) is 2.70. The van der Waals surface area contributed by atoms with Crippen LogP contribution in [0.1, 0.15) is 51.6 Å². The Bertz CT molecular complexity index is 1080. The molecule has 0 aliphatic carbocycles. The molecule has 0 fully saturated rings. The van der Waals surface area contributed by atoms with Crippen molar-refractivity contribution in [2.24, 2.45) is 0 Å². The molecular weight excluding hydrogens is 320 g/mol. The van der Waals surface area contributed by atoms with Crippen molar-refractivity contribution in [3.05, 3.63) is 71.9 Å². The van der Waals surface area contributed by atoms with Crippen molar-refractivity contribution in [3.8, 4) is 0 Å². The van der Waals surface area contributed by atoms with E-state index in [2.05, 4.69) is 78.9 Å². The molecular formula is C22H26N4. The van der Waals surface area contributed by atoms with Gasteiger partial charge in [0.15, 0.2) is 0 Å². The van der Waals surface area contributed by atoms with Crippen LogP contribution in [0, 0.1) is 0 Å². The lowest BCUT2D eigenvalue weighted by Gasteiger charge is -2.26. The van der Waals surface area contributed by atoms with Crippen LogP contribution in [0.15, 0.2) is 55.0 Å². The molecule has 0 saturated carbocycles. The van der Waals surface area contributed by atoms with Crippen LogP contribution in [0.4, 0.5) is 0 Å². The predicted molar refractivity (Wildman–Crippen MR) is 106 cm³/mol. The van der Waals surface area contributed by atoms with Gasteiger partial charge < -0.3 is 4.40 Å². The van der Waals surface area contributed by atoms with E-state index in [9.17, 15) is 0 Å². The first-order valence-corrected chi connectivity index (χ1v) is 9.16.